The highest BCUT2D eigenvalue weighted by Gasteiger charge is 2.60. The third-order valence-corrected chi connectivity index (χ3v) is 8.13. The number of nitrogens with two attached hydrogens (primary N) is 1. The first-order valence-electron chi connectivity index (χ1n) is 11.2. The zero-order valence-corrected chi connectivity index (χ0v) is 21.5. The van der Waals surface area contributed by atoms with E-state index >= 15 is 0 Å². The number of carbonyl (C=O) groups excluding carboxylic acids is 3. The van der Waals surface area contributed by atoms with Crippen LogP contribution in [0.1, 0.15) is 30.9 Å². The number of phenols is 1. The number of benzene rings is 1. The predicted molar refractivity (Wildman–Crippen MR) is 136 cm³/mol. The van der Waals surface area contributed by atoms with E-state index in [2.05, 4.69) is 0 Å². The third kappa shape index (κ3) is 3.75. The summed E-state index contributed by atoms with van der Waals surface area (Å²) in [5.41, 5.74) is 2.86. The fraction of sp³-hybridized carbons (Fsp3) is 0.417. The molecule has 0 aliphatic heterocycles. The van der Waals surface area contributed by atoms with E-state index in [1.54, 1.807) is 32.0 Å². The van der Waals surface area contributed by atoms with Crippen LogP contribution in [-0.2, 0) is 25.5 Å². The molecule has 1 amide bonds. The molecule has 1 aromatic carbocycles. The second-order valence-corrected chi connectivity index (χ2v) is 10.8. The Morgan fingerprint density at radius 2 is 1.94 bits per heavy atom. The van der Waals surface area contributed by atoms with Gasteiger partial charge in [-0.1, -0.05) is 0 Å². The molecule has 0 saturated heterocycles. The van der Waals surface area contributed by atoms with Gasteiger partial charge in [0, 0.05) is 37.7 Å². The molecule has 6 N–H and O–H groups in total. The quantitative estimate of drug-likeness (QED) is 0.217. The molecule has 0 spiro atoms. The van der Waals surface area contributed by atoms with Gasteiger partial charge in [-0.15, -0.1) is 0 Å². The molecule has 192 valence electrons. The van der Waals surface area contributed by atoms with Gasteiger partial charge < -0.3 is 35.8 Å². The number of Topliss-reactive ketones (excluding diaryl/α,β-unsaturated/α-hetero) is 2. The number of primary amides is 1. The molecule has 3 atom stereocenters. The molecule has 3 aliphatic carbocycles. The monoisotopic (exact) mass is 534 g/mol. The zero-order valence-electron chi connectivity index (χ0n) is 19.8. The van der Waals surface area contributed by atoms with E-state index in [9.17, 15) is 34.8 Å². The fourth-order valence-corrected chi connectivity index (χ4v) is 6.47. The SMILES string of the molecule is CCOC(=S)Sc1cc(N(C)C)c2c(c1O)C(O)=C1C(=O)[C@]3(O)C(O)=C(C(N)=O)C(=O)C[C@@H]3C[C@@H]1C2. The summed E-state index contributed by atoms with van der Waals surface area (Å²) in [6.07, 6.45) is -0.0734. The topological polar surface area (TPSA) is 171 Å². The van der Waals surface area contributed by atoms with E-state index in [4.69, 9.17) is 22.7 Å². The molecular weight excluding hydrogens is 508 g/mol. The number of nitrogens with zero attached hydrogens (tertiary/aromatic N) is 1. The molecule has 0 bridgehead atoms. The van der Waals surface area contributed by atoms with Gasteiger partial charge in [-0.2, -0.15) is 0 Å². The lowest BCUT2D eigenvalue weighted by molar-refractivity contribution is -0.147. The van der Waals surface area contributed by atoms with Crippen molar-refractivity contribution in [2.24, 2.45) is 17.6 Å². The summed E-state index contributed by atoms with van der Waals surface area (Å²) >= 11 is 6.17. The molecule has 3 aliphatic rings. The maximum absolute atomic E-state index is 13.6. The van der Waals surface area contributed by atoms with Gasteiger partial charge in [0.2, 0.25) is 10.2 Å². The van der Waals surface area contributed by atoms with Crippen LogP contribution in [0.25, 0.3) is 5.76 Å². The van der Waals surface area contributed by atoms with Crippen LogP contribution in [-0.4, -0.2) is 68.6 Å². The number of aromatic hydroxyl groups is 1. The van der Waals surface area contributed by atoms with Gasteiger partial charge in [0.15, 0.2) is 11.4 Å². The molecule has 4 rings (SSSR count). The van der Waals surface area contributed by atoms with Crippen LogP contribution in [0.5, 0.6) is 5.75 Å². The van der Waals surface area contributed by atoms with Crippen molar-refractivity contribution in [3.8, 4) is 5.75 Å². The number of fused-ring (bicyclic) bond motifs is 3. The average molecular weight is 535 g/mol. The number of carbonyl (C=O) groups is 3. The van der Waals surface area contributed by atoms with E-state index < -0.39 is 52.0 Å². The summed E-state index contributed by atoms with van der Waals surface area (Å²) < 4.78 is 5.46. The number of rotatable bonds is 4. The normalized spacial score (nSPS) is 25.2. The molecule has 0 unspecified atom stereocenters. The number of ketones is 2. The zero-order chi connectivity index (χ0) is 26.7. The first-order chi connectivity index (χ1) is 16.8. The largest absolute Gasteiger partial charge is 0.508 e. The number of aliphatic hydroxyl groups is 3. The van der Waals surface area contributed by atoms with Gasteiger partial charge in [-0.25, -0.2) is 0 Å². The summed E-state index contributed by atoms with van der Waals surface area (Å²) in [5.74, 6) is -6.64. The number of aliphatic hydroxyl groups excluding tert-OH is 2. The van der Waals surface area contributed by atoms with Crippen molar-refractivity contribution in [3.05, 3.63) is 34.1 Å². The van der Waals surface area contributed by atoms with Crippen LogP contribution >= 0.6 is 24.0 Å². The van der Waals surface area contributed by atoms with Crippen LogP contribution in [0.4, 0.5) is 5.69 Å². The van der Waals surface area contributed by atoms with Crippen molar-refractivity contribution in [2.45, 2.75) is 36.7 Å². The van der Waals surface area contributed by atoms with Crippen molar-refractivity contribution in [3.63, 3.8) is 0 Å². The van der Waals surface area contributed by atoms with E-state index in [1.165, 1.54) is 0 Å². The van der Waals surface area contributed by atoms with Crippen molar-refractivity contribution >= 4 is 57.3 Å². The lowest BCUT2D eigenvalue weighted by atomic mass is 9.59. The number of hydrogen-bond acceptors (Lipinski definition) is 11. The molecule has 1 saturated carbocycles. The molecule has 0 heterocycles. The number of hydrogen-bond donors (Lipinski definition) is 5. The van der Waals surface area contributed by atoms with Gasteiger partial charge >= 0.3 is 0 Å². The van der Waals surface area contributed by atoms with Gasteiger partial charge in [-0.3, -0.25) is 14.4 Å². The first kappa shape index (κ1) is 26.0. The molecule has 1 aromatic rings. The number of thiocarbonyl (C=S) groups is 1. The van der Waals surface area contributed by atoms with E-state index in [-0.39, 0.29) is 40.5 Å². The Kier molecular flexibility index (Phi) is 6.56. The summed E-state index contributed by atoms with van der Waals surface area (Å²) in [7, 11) is 3.58. The molecule has 10 nitrogen and oxygen atoms in total. The van der Waals surface area contributed by atoms with Crippen molar-refractivity contribution < 1.29 is 39.5 Å². The summed E-state index contributed by atoms with van der Waals surface area (Å²) in [4.78, 5) is 40.0. The van der Waals surface area contributed by atoms with Gasteiger partial charge in [0.25, 0.3) is 5.91 Å². The van der Waals surface area contributed by atoms with Crippen LogP contribution in [0.3, 0.4) is 0 Å². The third-order valence-electron chi connectivity index (χ3n) is 6.94. The second-order valence-electron chi connectivity index (χ2n) is 9.18. The standard InChI is InChI=1S/C24H26N2O8S2/c1-4-34-23(35)36-14-8-12(26(2)3)11-6-9-5-10-7-13(27)17(22(25)32)21(31)24(10,33)20(30)15(9)19(29)16(11)18(14)28/h8-10,28-29,31,33H,4-7H2,1-3H3,(H2,25,32)/t9-,10+,24+/m1/s1. The van der Waals surface area contributed by atoms with Crippen molar-refractivity contribution in [2.75, 3.05) is 25.6 Å². The highest BCUT2D eigenvalue weighted by molar-refractivity contribution is 8.22. The minimum atomic E-state index is -2.60. The number of thioether (sulfide) groups is 1. The maximum Gasteiger partial charge on any atom is 0.255 e. The summed E-state index contributed by atoms with van der Waals surface area (Å²) in [5, 5.41) is 44.5. The predicted octanol–water partition coefficient (Wildman–Crippen LogP) is 1.90. The Labute approximate surface area is 216 Å². The number of amides is 1. The van der Waals surface area contributed by atoms with Crippen LogP contribution in [0.2, 0.25) is 0 Å². The van der Waals surface area contributed by atoms with Crippen LogP contribution in [0.15, 0.2) is 27.9 Å². The Morgan fingerprint density at radius 1 is 1.28 bits per heavy atom. The second kappa shape index (κ2) is 9.09. The molecule has 1 fully saturated rings. The lowest BCUT2D eigenvalue weighted by Crippen LogP contribution is -2.58. The van der Waals surface area contributed by atoms with E-state index in [0.29, 0.717) is 22.8 Å². The number of anilines is 1. The Hall–Kier alpha value is -3.09. The highest BCUT2D eigenvalue weighted by Crippen LogP contribution is 2.54. The average Bonchev–Trinajstić information content (AvgIpc) is 2.77. The number of ether oxygens (including phenoxy) is 1. The van der Waals surface area contributed by atoms with Crippen LogP contribution in [0, 0.1) is 11.8 Å². The summed E-state index contributed by atoms with van der Waals surface area (Å²) in [6.45, 7) is 2.09. The lowest BCUT2D eigenvalue weighted by Gasteiger charge is -2.46. The minimum Gasteiger partial charge on any atom is -0.508 e. The Balaban J connectivity index is 1.92. The molecule has 12 heteroatoms. The van der Waals surface area contributed by atoms with Gasteiger partial charge in [-0.05, 0) is 61.3 Å². The Bertz CT molecular complexity index is 1290. The van der Waals surface area contributed by atoms with E-state index in [0.717, 1.165) is 11.8 Å². The molecular formula is C24H26N2O8S2. The highest BCUT2D eigenvalue weighted by atomic mass is 32.2. The van der Waals surface area contributed by atoms with E-state index in [1.807, 2.05) is 0 Å². The van der Waals surface area contributed by atoms with Crippen molar-refractivity contribution in [1.82, 2.24) is 0 Å². The maximum atomic E-state index is 13.6. The number of phenolic OH excluding ortho intramolecular Hbond substituents is 1. The fourth-order valence-electron chi connectivity index (χ4n) is 5.36. The first-order valence-corrected chi connectivity index (χ1v) is 12.4. The Morgan fingerprint density at radius 3 is 2.53 bits per heavy atom. The minimum absolute atomic E-state index is 0.00938. The van der Waals surface area contributed by atoms with Crippen molar-refractivity contribution in [1.29, 1.82) is 0 Å². The smallest absolute Gasteiger partial charge is 0.255 e. The van der Waals surface area contributed by atoms with Crippen LogP contribution < -0.4 is 10.6 Å². The molecule has 0 aromatic heterocycles. The summed E-state index contributed by atoms with van der Waals surface area (Å²) in [6, 6.07) is 1.71. The molecule has 0 radical (unpaired) electrons. The van der Waals surface area contributed by atoms with Gasteiger partial charge in [0.05, 0.1) is 17.1 Å². The molecule has 36 heavy (non-hydrogen) atoms. The van der Waals surface area contributed by atoms with Gasteiger partial charge in [0.1, 0.15) is 22.8 Å².